The second kappa shape index (κ2) is 8.45. The Hall–Kier alpha value is -3.19. The number of rotatable bonds is 8. The zero-order valence-corrected chi connectivity index (χ0v) is 16.3. The van der Waals surface area contributed by atoms with E-state index in [9.17, 15) is 19.1 Å². The van der Waals surface area contributed by atoms with Crippen molar-refractivity contribution < 1.29 is 23.8 Å². The summed E-state index contributed by atoms with van der Waals surface area (Å²) < 4.78 is 18.8. The lowest BCUT2D eigenvalue weighted by atomic mass is 9.99. The van der Waals surface area contributed by atoms with Crippen molar-refractivity contribution in [2.45, 2.75) is 25.3 Å². The van der Waals surface area contributed by atoms with Crippen LogP contribution >= 0.6 is 0 Å². The van der Waals surface area contributed by atoms with E-state index in [0.29, 0.717) is 11.8 Å². The van der Waals surface area contributed by atoms with Crippen LogP contribution in [0, 0.1) is 5.82 Å². The lowest BCUT2D eigenvalue weighted by molar-refractivity contribution is -0.149. The number of methoxy groups -OCH3 is 1. The number of fused-ring (bicyclic) bond motifs is 1. The Morgan fingerprint density at radius 2 is 1.93 bits per heavy atom. The van der Waals surface area contributed by atoms with E-state index in [2.05, 4.69) is 10.3 Å². The first kappa shape index (κ1) is 20.5. The van der Waals surface area contributed by atoms with Gasteiger partial charge in [0.1, 0.15) is 5.82 Å². The number of halogens is 1. The molecule has 2 aromatic carbocycles. The fourth-order valence-corrected chi connectivity index (χ4v) is 3.38. The van der Waals surface area contributed by atoms with Gasteiger partial charge in [-0.2, -0.15) is 0 Å². The predicted molar refractivity (Wildman–Crippen MR) is 108 cm³/mol. The normalized spacial score (nSPS) is 13.2. The van der Waals surface area contributed by atoms with E-state index >= 15 is 0 Å². The van der Waals surface area contributed by atoms with Gasteiger partial charge in [-0.25, -0.2) is 9.18 Å². The van der Waals surface area contributed by atoms with Gasteiger partial charge in [-0.05, 0) is 42.7 Å². The lowest BCUT2D eigenvalue weighted by Crippen LogP contribution is -2.55. The number of benzene rings is 2. The van der Waals surface area contributed by atoms with Crippen LogP contribution in [0.5, 0.6) is 0 Å². The third-order valence-corrected chi connectivity index (χ3v) is 4.85. The number of hydrogen-bond donors (Lipinski definition) is 3. The third kappa shape index (κ3) is 4.46. The molecule has 0 spiro atoms. The molecule has 152 valence electrons. The van der Waals surface area contributed by atoms with Crippen molar-refractivity contribution in [3.63, 3.8) is 0 Å². The molecule has 0 unspecified atom stereocenters. The second-order valence-corrected chi connectivity index (χ2v) is 7.15. The molecular weight excluding hydrogens is 375 g/mol. The zero-order valence-electron chi connectivity index (χ0n) is 16.3. The molecular formula is C22H23FN2O4. The summed E-state index contributed by atoms with van der Waals surface area (Å²) in [5.74, 6) is -1.95. The van der Waals surface area contributed by atoms with Crippen molar-refractivity contribution in [3.8, 4) is 11.3 Å². The predicted octanol–water partition coefficient (Wildman–Crippen LogP) is 3.51. The molecule has 3 rings (SSSR count). The molecule has 7 heteroatoms. The number of carboxylic acid groups (broad SMARTS) is 1. The van der Waals surface area contributed by atoms with Crippen molar-refractivity contribution in [1.82, 2.24) is 10.3 Å². The molecule has 29 heavy (non-hydrogen) atoms. The topological polar surface area (TPSA) is 91.4 Å². The monoisotopic (exact) mass is 398 g/mol. The van der Waals surface area contributed by atoms with Crippen molar-refractivity contribution in [3.05, 3.63) is 59.9 Å². The van der Waals surface area contributed by atoms with Crippen molar-refractivity contribution in [2.24, 2.45) is 0 Å². The number of carboxylic acids is 1. The summed E-state index contributed by atoms with van der Waals surface area (Å²) in [4.78, 5) is 27.3. The number of H-pyrrole nitrogens is 1. The lowest BCUT2D eigenvalue weighted by Gasteiger charge is -2.25. The molecule has 0 aliphatic rings. The summed E-state index contributed by atoms with van der Waals surface area (Å²) in [5, 5.41) is 12.6. The van der Waals surface area contributed by atoms with Crippen LogP contribution in [-0.2, 0) is 20.7 Å². The number of aromatic amines is 1. The molecule has 3 N–H and O–H groups in total. The summed E-state index contributed by atoms with van der Waals surface area (Å²) in [6.07, 6.45) is 0.373. The Bertz CT molecular complexity index is 1030. The summed E-state index contributed by atoms with van der Waals surface area (Å²) in [6, 6.07) is 14.1. The number of hydrogen-bond acceptors (Lipinski definition) is 3. The van der Waals surface area contributed by atoms with E-state index in [-0.39, 0.29) is 18.8 Å². The maximum Gasteiger partial charge on any atom is 0.331 e. The van der Waals surface area contributed by atoms with E-state index in [1.54, 1.807) is 6.07 Å². The first-order valence-electron chi connectivity index (χ1n) is 9.23. The molecule has 3 aromatic rings. The van der Waals surface area contributed by atoms with Gasteiger partial charge < -0.3 is 20.1 Å². The first-order valence-corrected chi connectivity index (χ1v) is 9.23. The van der Waals surface area contributed by atoms with Crippen LogP contribution in [0.15, 0.2) is 48.5 Å². The third-order valence-electron chi connectivity index (χ3n) is 4.85. The number of ether oxygens (including phenoxy) is 1. The van der Waals surface area contributed by atoms with Gasteiger partial charge in [-0.3, -0.25) is 4.79 Å². The summed E-state index contributed by atoms with van der Waals surface area (Å²) in [6.45, 7) is 1.24. The zero-order chi connectivity index (χ0) is 21.0. The Balaban J connectivity index is 1.88. The molecule has 0 fully saturated rings. The van der Waals surface area contributed by atoms with Gasteiger partial charge in [-0.15, -0.1) is 0 Å². The Labute approximate surface area is 167 Å². The smallest absolute Gasteiger partial charge is 0.331 e. The molecule has 0 aliphatic carbocycles. The van der Waals surface area contributed by atoms with Crippen LogP contribution in [0.4, 0.5) is 4.39 Å². The van der Waals surface area contributed by atoms with Gasteiger partial charge >= 0.3 is 5.97 Å². The minimum Gasteiger partial charge on any atom is -0.479 e. The van der Waals surface area contributed by atoms with Crippen molar-refractivity contribution >= 4 is 22.8 Å². The summed E-state index contributed by atoms with van der Waals surface area (Å²) in [7, 11) is 1.37. The van der Waals surface area contributed by atoms with E-state index in [0.717, 1.165) is 22.3 Å². The Kier molecular flexibility index (Phi) is 5.98. The molecule has 0 radical (unpaired) electrons. The second-order valence-electron chi connectivity index (χ2n) is 7.15. The molecule has 1 heterocycles. The summed E-state index contributed by atoms with van der Waals surface area (Å²) >= 11 is 0. The number of carbonyl (C=O) groups is 2. The maximum atomic E-state index is 13.9. The van der Waals surface area contributed by atoms with E-state index in [1.165, 1.54) is 26.2 Å². The van der Waals surface area contributed by atoms with Gasteiger partial charge in [0.05, 0.1) is 6.61 Å². The minimum atomic E-state index is -1.51. The molecule has 0 bridgehead atoms. The fourth-order valence-electron chi connectivity index (χ4n) is 3.38. The molecule has 1 amide bonds. The van der Waals surface area contributed by atoms with E-state index in [4.69, 9.17) is 4.74 Å². The number of aryl methyl sites for hydroxylation is 1. The quantitative estimate of drug-likeness (QED) is 0.542. The van der Waals surface area contributed by atoms with E-state index < -0.39 is 17.4 Å². The number of nitrogens with one attached hydrogen (secondary N) is 2. The average molecular weight is 398 g/mol. The molecule has 0 saturated heterocycles. The number of aromatic nitrogens is 1. The molecule has 1 aromatic heterocycles. The summed E-state index contributed by atoms with van der Waals surface area (Å²) in [5.41, 5.74) is 1.81. The minimum absolute atomic E-state index is 0.0515. The highest BCUT2D eigenvalue weighted by Gasteiger charge is 2.34. The molecule has 1 atom stereocenters. The standard InChI is InChI=1S/C22H23FN2O4/c1-22(13-29-2,21(27)28)25-19(26)11-9-16-17-12-15(23)8-10-18(17)24-20(16)14-6-4-3-5-7-14/h3-8,10,12,24H,9,11,13H2,1-2H3,(H,25,26)(H,27,28)/t22-/m1/s1. The number of carbonyl (C=O) groups excluding carboxylic acids is 1. The highest BCUT2D eigenvalue weighted by molar-refractivity contribution is 5.92. The van der Waals surface area contributed by atoms with Gasteiger partial charge in [0.15, 0.2) is 5.54 Å². The number of amides is 1. The molecule has 0 saturated carbocycles. The van der Waals surface area contributed by atoms with Crippen LogP contribution in [0.1, 0.15) is 18.9 Å². The Morgan fingerprint density at radius 3 is 2.59 bits per heavy atom. The van der Waals surface area contributed by atoms with Crippen LogP contribution in [0.2, 0.25) is 0 Å². The highest BCUT2D eigenvalue weighted by atomic mass is 19.1. The van der Waals surface area contributed by atoms with Gasteiger partial charge in [0, 0.05) is 30.1 Å². The Morgan fingerprint density at radius 1 is 1.21 bits per heavy atom. The first-order chi connectivity index (χ1) is 13.8. The molecule has 6 nitrogen and oxygen atoms in total. The molecule has 0 aliphatic heterocycles. The van der Waals surface area contributed by atoms with Crippen molar-refractivity contribution in [1.29, 1.82) is 0 Å². The van der Waals surface area contributed by atoms with Crippen LogP contribution in [-0.4, -0.2) is 41.2 Å². The van der Waals surface area contributed by atoms with Gasteiger partial charge in [0.25, 0.3) is 0 Å². The van der Waals surface area contributed by atoms with Gasteiger partial charge in [0.2, 0.25) is 5.91 Å². The van der Waals surface area contributed by atoms with Crippen LogP contribution < -0.4 is 5.32 Å². The van der Waals surface area contributed by atoms with E-state index in [1.807, 2.05) is 30.3 Å². The largest absolute Gasteiger partial charge is 0.479 e. The van der Waals surface area contributed by atoms with Crippen LogP contribution in [0.25, 0.3) is 22.2 Å². The van der Waals surface area contributed by atoms with Gasteiger partial charge in [-0.1, -0.05) is 30.3 Å². The van der Waals surface area contributed by atoms with Crippen molar-refractivity contribution in [2.75, 3.05) is 13.7 Å². The maximum absolute atomic E-state index is 13.9. The fraction of sp³-hybridized carbons (Fsp3) is 0.273. The number of aliphatic carboxylic acids is 1. The average Bonchev–Trinajstić information content (AvgIpc) is 3.04. The SMILES string of the molecule is COC[C@@](C)(NC(=O)CCc1c(-c2ccccc2)[nH]c2ccc(F)cc12)C(=O)O. The van der Waals surface area contributed by atoms with Crippen LogP contribution in [0.3, 0.4) is 0 Å². The highest BCUT2D eigenvalue weighted by Crippen LogP contribution is 2.31.